The number of hydrogen-bond acceptors (Lipinski definition) is 17. The molecule has 7 aromatic carbocycles. The molecule has 0 N–H and O–H groups in total. The first kappa shape index (κ1) is 52.1. The van der Waals surface area contributed by atoms with Crippen molar-refractivity contribution in [2.45, 2.75) is 0 Å². The van der Waals surface area contributed by atoms with Gasteiger partial charge in [-0.25, -0.2) is 15.0 Å². The predicted molar refractivity (Wildman–Crippen MR) is 274 cm³/mol. The maximum Gasteiger partial charge on any atom is 3.00 e. The fourth-order valence-corrected chi connectivity index (χ4v) is 6.75. The average molecular weight is 1120 g/mol. The molecule has 12 rings (SSSR count). The number of aromatic nitrogens is 8. The maximum atomic E-state index is 11.9. The Hall–Kier alpha value is -9.23. The van der Waals surface area contributed by atoms with E-state index in [-0.39, 0.29) is 67.4 Å². The van der Waals surface area contributed by atoms with Gasteiger partial charge in [-0.15, -0.1) is 15.3 Å². The molecular formula is C57H38EuN11O6. The third-order valence-electron chi connectivity index (χ3n) is 10.3. The maximum absolute atomic E-state index is 11.9. The monoisotopic (exact) mass is 1130 g/mol. The number of rotatable bonds is 9. The van der Waals surface area contributed by atoms with Crippen LogP contribution in [0.2, 0.25) is 0 Å². The molecule has 0 bridgehead atoms. The standard InChI is InChI=1S/3C15H11N3O2.C12H8N2.Eu/c3*19-13(11-7-3-1-4-8-11)16-15-18-17-14(20-15)12-9-5-2-6-10-12;1-3-9-5-6-10-4-2-8-14-12(10)11(9)13-7-1;/h3*1-10H,(H,16,18,19);1-8H;/q;;;;+3/p-3. The molecule has 5 aromatic heterocycles. The summed E-state index contributed by atoms with van der Waals surface area (Å²) < 4.78 is 16.1. The minimum absolute atomic E-state index is 0. The predicted octanol–water partition coefficient (Wildman–Crippen LogP) is 9.31. The molecule has 5 heterocycles. The van der Waals surface area contributed by atoms with Gasteiger partial charge in [0.25, 0.3) is 0 Å². The Labute approximate surface area is 469 Å². The van der Waals surface area contributed by atoms with Crippen LogP contribution >= 0.6 is 0 Å². The molecule has 18 heteroatoms. The first-order valence-corrected chi connectivity index (χ1v) is 22.6. The van der Waals surface area contributed by atoms with E-state index in [9.17, 15) is 15.3 Å². The zero-order chi connectivity index (χ0) is 50.7. The summed E-state index contributed by atoms with van der Waals surface area (Å²) in [5, 5.41) is 60.7. The van der Waals surface area contributed by atoms with Crippen LogP contribution in [0, 0.1) is 49.4 Å². The van der Waals surface area contributed by atoms with Crippen LogP contribution in [-0.2, 0) is 0 Å². The van der Waals surface area contributed by atoms with Crippen molar-refractivity contribution in [3.63, 3.8) is 0 Å². The van der Waals surface area contributed by atoms with Crippen molar-refractivity contribution in [2.24, 2.45) is 15.0 Å². The molecule has 0 spiro atoms. The third kappa shape index (κ3) is 14.5. The first-order valence-electron chi connectivity index (χ1n) is 22.6. The summed E-state index contributed by atoms with van der Waals surface area (Å²) in [4.78, 5) is 20.1. The van der Waals surface area contributed by atoms with Crippen molar-refractivity contribution in [3.05, 3.63) is 247 Å². The number of fused-ring (bicyclic) bond motifs is 3. The molecule has 0 atom stereocenters. The van der Waals surface area contributed by atoms with Crippen LogP contribution in [-0.4, -0.2) is 58.3 Å². The third-order valence-corrected chi connectivity index (χ3v) is 10.3. The van der Waals surface area contributed by atoms with E-state index in [1.165, 1.54) is 0 Å². The van der Waals surface area contributed by atoms with Crippen LogP contribution in [0.5, 0.6) is 0 Å². The van der Waals surface area contributed by atoms with Gasteiger partial charge in [-0.05, 0) is 65.2 Å². The van der Waals surface area contributed by atoms with Crippen molar-refractivity contribution in [3.8, 4) is 34.4 Å². The number of benzene rings is 7. The minimum Gasteiger partial charge on any atom is -0.858 e. The molecule has 17 nitrogen and oxygen atoms in total. The van der Waals surface area contributed by atoms with Crippen LogP contribution in [0.15, 0.2) is 259 Å². The SMILES string of the molecule is [Eu+3].[O-]/C(=N\c1nnc(-c2ccccc2)o1)c1ccccc1.[O-]/C(=N\c1nnc(-c2ccccc2)o1)c1ccccc1.[O-]/C(=N\c1nnc(-c2ccccc2)o1)c1ccccc1.c1cnc2c(c1)ccc1cccnc12. The van der Waals surface area contributed by atoms with E-state index in [1.807, 2.05) is 121 Å². The summed E-state index contributed by atoms with van der Waals surface area (Å²) in [5.41, 5.74) is 5.75. The van der Waals surface area contributed by atoms with Crippen molar-refractivity contribution in [1.82, 2.24) is 40.6 Å². The van der Waals surface area contributed by atoms with E-state index in [2.05, 4.69) is 79.8 Å². The quantitative estimate of drug-likeness (QED) is 0.0742. The molecule has 0 amide bonds. The largest absolute Gasteiger partial charge is 3.00 e. The van der Waals surface area contributed by atoms with Gasteiger partial charge >= 0.3 is 67.4 Å². The van der Waals surface area contributed by atoms with E-state index in [1.54, 1.807) is 85.2 Å². The average Bonchev–Trinajstić information content (AvgIpc) is 4.28. The van der Waals surface area contributed by atoms with Gasteiger partial charge in [0.15, 0.2) is 0 Å². The number of aliphatic imine (C=N–C) groups is 3. The van der Waals surface area contributed by atoms with Crippen LogP contribution in [0.3, 0.4) is 0 Å². The van der Waals surface area contributed by atoms with Crippen LogP contribution in [0.25, 0.3) is 56.2 Å². The Bertz CT molecular complexity index is 3410. The molecule has 0 aliphatic carbocycles. The van der Waals surface area contributed by atoms with E-state index >= 15 is 0 Å². The fourth-order valence-electron chi connectivity index (χ4n) is 6.75. The number of pyridine rings is 2. The fraction of sp³-hybridized carbons (Fsp3) is 0. The van der Waals surface area contributed by atoms with Gasteiger partial charge in [0.05, 0.1) is 11.0 Å². The van der Waals surface area contributed by atoms with Crippen molar-refractivity contribution < 1.29 is 77.9 Å². The minimum atomic E-state index is -0.408. The molecule has 364 valence electrons. The normalized spacial score (nSPS) is 11.2. The number of nitrogens with zero attached hydrogens (tertiary/aromatic N) is 11. The van der Waals surface area contributed by atoms with Crippen molar-refractivity contribution in [1.29, 1.82) is 0 Å². The molecule has 0 aliphatic rings. The molecule has 75 heavy (non-hydrogen) atoms. The van der Waals surface area contributed by atoms with Gasteiger partial charge in [-0.2, -0.15) is 0 Å². The molecule has 0 saturated carbocycles. The molecule has 0 aliphatic heterocycles. The molecular weight excluding hydrogens is 1090 g/mol. The summed E-state index contributed by atoms with van der Waals surface area (Å²) in [6.45, 7) is 0. The second kappa shape index (κ2) is 26.5. The molecule has 0 unspecified atom stereocenters. The van der Waals surface area contributed by atoms with Gasteiger partial charge in [-0.1, -0.05) is 185 Å². The topological polar surface area (TPSA) is 249 Å². The molecule has 12 aromatic rings. The van der Waals surface area contributed by atoms with E-state index < -0.39 is 17.7 Å². The van der Waals surface area contributed by atoms with E-state index in [0.717, 1.165) is 38.5 Å². The van der Waals surface area contributed by atoms with Crippen LogP contribution in [0.4, 0.5) is 18.0 Å². The Balaban J connectivity index is 0.000000133. The van der Waals surface area contributed by atoms with Crippen molar-refractivity contribution >= 4 is 57.5 Å². The van der Waals surface area contributed by atoms with Crippen molar-refractivity contribution in [2.75, 3.05) is 0 Å². The van der Waals surface area contributed by atoms with Gasteiger partial charge in [-0.3, -0.25) is 9.97 Å². The second-order valence-corrected chi connectivity index (χ2v) is 15.3. The van der Waals surface area contributed by atoms with Gasteiger partial charge in [0, 0.05) is 57.5 Å². The Morgan fingerprint density at radius 1 is 0.307 bits per heavy atom. The Morgan fingerprint density at radius 3 is 0.853 bits per heavy atom. The summed E-state index contributed by atoms with van der Waals surface area (Å²) in [5.74, 6) is -0.211. The van der Waals surface area contributed by atoms with Gasteiger partial charge in [0.2, 0.25) is 17.7 Å². The van der Waals surface area contributed by atoms with Crippen LogP contribution < -0.4 is 15.3 Å². The first-order chi connectivity index (χ1) is 36.4. The molecule has 0 saturated heterocycles. The number of hydrogen-bond donors (Lipinski definition) is 0. The Morgan fingerprint density at radius 2 is 0.573 bits per heavy atom. The van der Waals surface area contributed by atoms with Gasteiger partial charge < -0.3 is 28.6 Å². The van der Waals surface area contributed by atoms with Crippen LogP contribution in [0.1, 0.15) is 16.7 Å². The summed E-state index contributed by atoms with van der Waals surface area (Å²) in [7, 11) is 0. The zero-order valence-electron chi connectivity index (χ0n) is 39.2. The molecule has 0 radical (unpaired) electrons. The van der Waals surface area contributed by atoms with Gasteiger partial charge in [0.1, 0.15) is 0 Å². The summed E-state index contributed by atoms with van der Waals surface area (Å²) >= 11 is 0. The smallest absolute Gasteiger partial charge is 0.858 e. The zero-order valence-corrected chi connectivity index (χ0v) is 41.6. The van der Waals surface area contributed by atoms with E-state index in [4.69, 9.17) is 13.3 Å². The van der Waals surface area contributed by atoms with E-state index in [0.29, 0.717) is 34.4 Å². The molecule has 0 fully saturated rings. The second-order valence-electron chi connectivity index (χ2n) is 15.3. The Kier molecular flexibility index (Phi) is 18.4. The summed E-state index contributed by atoms with van der Waals surface area (Å²) in [6.07, 6.45) is 3.60. The summed E-state index contributed by atoms with van der Waals surface area (Å²) in [6, 6.07) is 66.1.